The van der Waals surface area contributed by atoms with E-state index in [0.29, 0.717) is 18.8 Å². The van der Waals surface area contributed by atoms with Crippen molar-refractivity contribution in [3.8, 4) is 0 Å². The molecule has 34 heavy (non-hydrogen) atoms. The molecule has 7 heteroatoms. The molecule has 7 nitrogen and oxygen atoms in total. The number of carbonyl (C=O) groups is 2. The highest BCUT2D eigenvalue weighted by Gasteiger charge is 2.27. The fourth-order valence-electron chi connectivity index (χ4n) is 3.46. The van der Waals surface area contributed by atoms with Crippen molar-refractivity contribution in [3.63, 3.8) is 0 Å². The summed E-state index contributed by atoms with van der Waals surface area (Å²) in [6.45, 7) is 14.4. The molecule has 0 aliphatic carbocycles. The van der Waals surface area contributed by atoms with E-state index in [9.17, 15) is 9.59 Å². The minimum absolute atomic E-state index is 0.175. The fourth-order valence-corrected chi connectivity index (χ4v) is 3.46. The van der Waals surface area contributed by atoms with Gasteiger partial charge in [0.1, 0.15) is 5.60 Å². The number of amides is 1. The summed E-state index contributed by atoms with van der Waals surface area (Å²) in [6.07, 6.45) is 2.81. The van der Waals surface area contributed by atoms with Crippen LogP contribution in [0.4, 0.5) is 10.6 Å². The lowest BCUT2D eigenvalue weighted by Crippen LogP contribution is -2.38. The smallest absolute Gasteiger partial charge is 0.441 e. The number of hydrogen-bond acceptors (Lipinski definition) is 6. The zero-order chi connectivity index (χ0) is 25.4. The monoisotopic (exact) mass is 469 g/mol. The molecule has 0 unspecified atom stereocenters. The predicted octanol–water partition coefficient (Wildman–Crippen LogP) is 6.06. The van der Waals surface area contributed by atoms with E-state index < -0.39 is 17.7 Å². The van der Waals surface area contributed by atoms with Gasteiger partial charge in [-0.05, 0) is 55.9 Å². The third-order valence-electron chi connectivity index (χ3n) is 5.31. The predicted molar refractivity (Wildman–Crippen MR) is 134 cm³/mol. The number of pyridine rings is 1. The summed E-state index contributed by atoms with van der Waals surface area (Å²) in [5.74, 6) is -0.458. The highest BCUT2D eigenvalue weighted by atomic mass is 16.8. The van der Waals surface area contributed by atoms with Crippen LogP contribution in [0, 0.1) is 0 Å². The summed E-state index contributed by atoms with van der Waals surface area (Å²) >= 11 is 0. The summed E-state index contributed by atoms with van der Waals surface area (Å²) in [4.78, 5) is 33.6. The lowest BCUT2D eigenvalue weighted by atomic mass is 9.80. The van der Waals surface area contributed by atoms with Crippen LogP contribution in [0.25, 0.3) is 0 Å². The van der Waals surface area contributed by atoms with E-state index in [0.717, 1.165) is 5.06 Å². The molecule has 0 fully saturated rings. The quantitative estimate of drug-likeness (QED) is 0.450. The second kappa shape index (κ2) is 12.0. The summed E-state index contributed by atoms with van der Waals surface area (Å²) in [5, 5.41) is 4.17. The Hall–Kier alpha value is -2.93. The van der Waals surface area contributed by atoms with Crippen LogP contribution < -0.4 is 10.4 Å². The topological polar surface area (TPSA) is 80.8 Å². The average molecular weight is 470 g/mol. The van der Waals surface area contributed by atoms with Crippen molar-refractivity contribution >= 4 is 17.9 Å². The Balaban J connectivity index is 2.02. The molecule has 1 aromatic carbocycles. The van der Waals surface area contributed by atoms with Crippen molar-refractivity contribution in [2.45, 2.75) is 91.8 Å². The number of benzene rings is 1. The molecule has 186 valence electrons. The van der Waals surface area contributed by atoms with E-state index in [-0.39, 0.29) is 11.2 Å². The van der Waals surface area contributed by atoms with Gasteiger partial charge in [-0.3, -0.25) is 0 Å². The molecule has 0 spiro atoms. The first-order valence-corrected chi connectivity index (χ1v) is 11.9. The summed E-state index contributed by atoms with van der Waals surface area (Å²) in [7, 11) is 0. The van der Waals surface area contributed by atoms with Gasteiger partial charge < -0.3 is 14.9 Å². The molecule has 2 rings (SSSR count). The maximum Gasteiger partial charge on any atom is 0.450 e. The molecule has 0 saturated carbocycles. The zero-order valence-electron chi connectivity index (χ0n) is 21.6. The number of hydrogen-bond donors (Lipinski definition) is 1. The maximum absolute atomic E-state index is 12.5. The number of anilines is 1. The fraction of sp³-hybridized carbons (Fsp3) is 0.519. The van der Waals surface area contributed by atoms with E-state index in [1.54, 1.807) is 32.9 Å². The van der Waals surface area contributed by atoms with Crippen LogP contribution in [0.2, 0.25) is 0 Å². The molecule has 1 N–H and O–H groups in total. The van der Waals surface area contributed by atoms with Gasteiger partial charge in [-0.1, -0.05) is 69.0 Å². The highest BCUT2D eigenvalue weighted by Crippen LogP contribution is 2.29. The largest absolute Gasteiger partial charge is 0.450 e. The van der Waals surface area contributed by atoms with Crippen molar-refractivity contribution in [1.29, 1.82) is 0 Å². The summed E-state index contributed by atoms with van der Waals surface area (Å²) in [6, 6.07) is 13.9. The Morgan fingerprint density at radius 3 is 2.26 bits per heavy atom. The first-order valence-electron chi connectivity index (χ1n) is 11.9. The van der Waals surface area contributed by atoms with E-state index in [1.807, 2.05) is 6.07 Å². The second-order valence-corrected chi connectivity index (χ2v) is 10.1. The van der Waals surface area contributed by atoms with Crippen LogP contribution in [-0.4, -0.2) is 22.6 Å². The van der Waals surface area contributed by atoms with Crippen LogP contribution in [-0.2, 0) is 32.9 Å². The van der Waals surface area contributed by atoms with Gasteiger partial charge in [-0.25, -0.2) is 14.6 Å². The first-order chi connectivity index (χ1) is 15.9. The van der Waals surface area contributed by atoms with Crippen LogP contribution in [0.3, 0.4) is 0 Å². The molecule has 0 atom stereocenters. The number of unbranched alkanes of at least 4 members (excludes halogenated alkanes) is 1. The number of ether oxygens (including phenoxy) is 1. The molecule has 0 radical (unpaired) electrons. The number of hydroxylamine groups is 1. The molecule has 0 bridgehead atoms. The SMILES string of the molecule is CCCCC(C)(C)c1ccc(CNCc2cccc(N(OC(C)=O)C(=O)OC(C)(C)C)n2)cc1. The van der Waals surface area contributed by atoms with Gasteiger partial charge in [0.15, 0.2) is 5.82 Å². The van der Waals surface area contributed by atoms with Crippen molar-refractivity contribution in [2.24, 2.45) is 0 Å². The number of nitrogens with one attached hydrogen (secondary N) is 1. The molecule has 1 aromatic heterocycles. The molecular weight excluding hydrogens is 430 g/mol. The van der Waals surface area contributed by atoms with Crippen LogP contribution in [0.1, 0.15) is 84.5 Å². The third kappa shape index (κ3) is 8.78. The van der Waals surface area contributed by atoms with Crippen LogP contribution >= 0.6 is 0 Å². The van der Waals surface area contributed by atoms with E-state index in [1.165, 1.54) is 37.3 Å². The maximum atomic E-state index is 12.5. The zero-order valence-corrected chi connectivity index (χ0v) is 21.6. The summed E-state index contributed by atoms with van der Waals surface area (Å²) < 4.78 is 5.34. The van der Waals surface area contributed by atoms with Gasteiger partial charge in [-0.2, -0.15) is 0 Å². The Labute approximate surface area is 203 Å². The minimum Gasteiger partial charge on any atom is -0.441 e. The molecule has 0 saturated heterocycles. The molecule has 0 aliphatic rings. The Morgan fingerprint density at radius 2 is 1.68 bits per heavy atom. The number of aromatic nitrogens is 1. The minimum atomic E-state index is -0.803. The third-order valence-corrected chi connectivity index (χ3v) is 5.31. The van der Waals surface area contributed by atoms with Crippen LogP contribution in [0.5, 0.6) is 0 Å². The number of carbonyl (C=O) groups excluding carboxylic acids is 2. The lowest BCUT2D eigenvalue weighted by molar-refractivity contribution is -0.142. The van der Waals surface area contributed by atoms with E-state index in [4.69, 9.17) is 9.57 Å². The van der Waals surface area contributed by atoms with Crippen molar-refractivity contribution < 1.29 is 19.2 Å². The van der Waals surface area contributed by atoms with Gasteiger partial charge in [-0.15, -0.1) is 0 Å². The molecular formula is C27H39N3O4. The molecule has 2 aromatic rings. The Morgan fingerprint density at radius 1 is 1.00 bits per heavy atom. The number of rotatable bonds is 9. The van der Waals surface area contributed by atoms with Gasteiger partial charge in [0.2, 0.25) is 0 Å². The van der Waals surface area contributed by atoms with E-state index >= 15 is 0 Å². The van der Waals surface area contributed by atoms with Gasteiger partial charge in [0.25, 0.3) is 0 Å². The highest BCUT2D eigenvalue weighted by molar-refractivity contribution is 5.87. The van der Waals surface area contributed by atoms with Crippen LogP contribution in [0.15, 0.2) is 42.5 Å². The summed E-state index contributed by atoms with van der Waals surface area (Å²) in [5.41, 5.74) is 2.67. The molecule has 1 heterocycles. The van der Waals surface area contributed by atoms with Gasteiger partial charge in [0, 0.05) is 20.0 Å². The van der Waals surface area contributed by atoms with Crippen molar-refractivity contribution in [1.82, 2.24) is 10.3 Å². The van der Waals surface area contributed by atoms with Crippen molar-refractivity contribution in [3.05, 3.63) is 59.3 Å². The second-order valence-electron chi connectivity index (χ2n) is 10.1. The van der Waals surface area contributed by atoms with Crippen molar-refractivity contribution in [2.75, 3.05) is 5.06 Å². The first kappa shape index (κ1) is 27.3. The van der Waals surface area contributed by atoms with Gasteiger partial charge in [0.05, 0.1) is 5.69 Å². The standard InChI is InChI=1S/C27H39N3O4/c1-8-9-17-27(6,7)22-15-13-21(14-16-22)18-28-19-23-11-10-12-24(29-23)30(34-20(2)31)25(32)33-26(3,4)5/h10-16,28H,8-9,17-19H2,1-7H3. The van der Waals surface area contributed by atoms with Gasteiger partial charge >= 0.3 is 12.1 Å². The van der Waals surface area contributed by atoms with E-state index in [2.05, 4.69) is 55.3 Å². The Kier molecular flexibility index (Phi) is 9.62. The molecule has 1 amide bonds. The lowest BCUT2D eigenvalue weighted by Gasteiger charge is -2.25. The number of nitrogens with zero attached hydrogens (tertiary/aromatic N) is 2. The Bertz CT molecular complexity index is 949. The molecule has 0 aliphatic heterocycles. The normalized spacial score (nSPS) is 11.7. The average Bonchev–Trinajstić information content (AvgIpc) is 2.75.